The summed E-state index contributed by atoms with van der Waals surface area (Å²) in [4.78, 5) is 18.7. The maximum Gasteiger partial charge on any atom is 0.321 e. The molecule has 6 nitrogen and oxygen atoms in total. The minimum atomic E-state index is -0.0203. The fourth-order valence-electron chi connectivity index (χ4n) is 3.66. The number of piperidine rings is 1. The number of anilines is 1. The summed E-state index contributed by atoms with van der Waals surface area (Å²) in [6.07, 6.45) is 5.22. The van der Waals surface area contributed by atoms with Gasteiger partial charge in [-0.1, -0.05) is 11.2 Å². The molecule has 4 rings (SSSR count). The van der Waals surface area contributed by atoms with Gasteiger partial charge in [0.25, 0.3) is 0 Å². The number of benzene rings is 1. The van der Waals surface area contributed by atoms with Crippen LogP contribution in [0.25, 0.3) is 0 Å². The second-order valence-corrected chi connectivity index (χ2v) is 6.71. The number of urea groups is 1. The number of aromatic nitrogens is 2. The van der Waals surface area contributed by atoms with Crippen LogP contribution in [0.15, 0.2) is 22.7 Å². The molecular weight excluding hydrogens is 304 g/mol. The largest absolute Gasteiger partial charge is 0.339 e. The first-order valence-corrected chi connectivity index (χ1v) is 8.67. The van der Waals surface area contributed by atoms with E-state index in [0.717, 1.165) is 31.4 Å². The van der Waals surface area contributed by atoms with E-state index in [-0.39, 0.29) is 11.9 Å². The van der Waals surface area contributed by atoms with Crippen molar-refractivity contribution in [2.24, 2.45) is 0 Å². The molecular formula is C18H22N4O2. The van der Waals surface area contributed by atoms with Gasteiger partial charge in [0.1, 0.15) is 0 Å². The lowest BCUT2D eigenvalue weighted by molar-refractivity contribution is 0.187. The lowest BCUT2D eigenvalue weighted by Crippen LogP contribution is -2.40. The Kier molecular flexibility index (Phi) is 3.96. The second-order valence-electron chi connectivity index (χ2n) is 6.71. The number of fused-ring (bicyclic) bond motifs is 1. The van der Waals surface area contributed by atoms with Crippen molar-refractivity contribution in [3.8, 4) is 0 Å². The van der Waals surface area contributed by atoms with Gasteiger partial charge in [-0.25, -0.2) is 4.79 Å². The fraction of sp³-hybridized carbons (Fsp3) is 0.500. The van der Waals surface area contributed by atoms with Gasteiger partial charge in [0.2, 0.25) is 5.89 Å². The van der Waals surface area contributed by atoms with Crippen molar-refractivity contribution in [2.75, 3.05) is 18.4 Å². The third-order valence-electron chi connectivity index (χ3n) is 5.02. The third kappa shape index (κ3) is 3.00. The molecule has 1 aliphatic carbocycles. The highest BCUT2D eigenvalue weighted by Crippen LogP contribution is 2.28. The maximum atomic E-state index is 12.5. The third-order valence-corrected chi connectivity index (χ3v) is 5.02. The van der Waals surface area contributed by atoms with Gasteiger partial charge in [-0.05, 0) is 62.3 Å². The van der Waals surface area contributed by atoms with Crippen LogP contribution in [0.1, 0.15) is 48.0 Å². The zero-order valence-corrected chi connectivity index (χ0v) is 13.9. The molecule has 0 saturated carbocycles. The Morgan fingerprint density at radius 3 is 2.79 bits per heavy atom. The summed E-state index contributed by atoms with van der Waals surface area (Å²) in [5.41, 5.74) is 3.69. The van der Waals surface area contributed by atoms with Crippen molar-refractivity contribution in [1.29, 1.82) is 0 Å². The van der Waals surface area contributed by atoms with E-state index in [1.54, 1.807) is 0 Å². The van der Waals surface area contributed by atoms with E-state index >= 15 is 0 Å². The van der Waals surface area contributed by atoms with Crippen LogP contribution < -0.4 is 5.32 Å². The molecule has 0 unspecified atom stereocenters. The van der Waals surface area contributed by atoms with Crippen molar-refractivity contribution in [3.63, 3.8) is 0 Å². The molecule has 0 bridgehead atoms. The monoisotopic (exact) mass is 326 g/mol. The van der Waals surface area contributed by atoms with Crippen LogP contribution in [-0.4, -0.2) is 34.2 Å². The lowest BCUT2D eigenvalue weighted by Gasteiger charge is -2.30. The number of carbonyl (C=O) groups excluding carboxylic acids is 1. The summed E-state index contributed by atoms with van der Waals surface area (Å²) < 4.78 is 5.26. The Bertz CT molecular complexity index is 747. The van der Waals surface area contributed by atoms with Crippen LogP contribution in [0.3, 0.4) is 0 Å². The molecule has 2 amide bonds. The number of rotatable bonds is 2. The summed E-state index contributed by atoms with van der Waals surface area (Å²) in [6.45, 7) is 3.25. The molecule has 2 heterocycles. The molecule has 1 N–H and O–H groups in total. The van der Waals surface area contributed by atoms with Crippen molar-refractivity contribution in [3.05, 3.63) is 41.0 Å². The molecule has 24 heavy (non-hydrogen) atoms. The quantitative estimate of drug-likeness (QED) is 0.919. The Hall–Kier alpha value is -2.37. The highest BCUT2D eigenvalue weighted by molar-refractivity contribution is 5.89. The molecule has 0 spiro atoms. The van der Waals surface area contributed by atoms with Crippen molar-refractivity contribution in [2.45, 2.75) is 44.9 Å². The summed E-state index contributed by atoms with van der Waals surface area (Å²) in [7, 11) is 0. The summed E-state index contributed by atoms with van der Waals surface area (Å²) in [6, 6.07) is 6.25. The molecule has 1 aromatic carbocycles. The van der Waals surface area contributed by atoms with Crippen LogP contribution in [0.5, 0.6) is 0 Å². The molecule has 6 heteroatoms. The standard InChI is InChI=1S/C18H22N4O2/c1-12-19-17(24-21-12)14-7-9-22(10-8-14)18(23)20-16-6-5-13-3-2-4-15(13)11-16/h5-6,11,14H,2-4,7-10H2,1H3,(H,20,23). The van der Waals surface area contributed by atoms with E-state index in [1.807, 2.05) is 17.9 Å². The first kappa shape index (κ1) is 15.2. The topological polar surface area (TPSA) is 71.3 Å². The first-order valence-electron chi connectivity index (χ1n) is 8.67. The van der Waals surface area contributed by atoms with Gasteiger partial charge in [-0.2, -0.15) is 4.98 Å². The number of aryl methyl sites for hydroxylation is 3. The van der Waals surface area contributed by atoms with E-state index in [2.05, 4.69) is 27.6 Å². The van der Waals surface area contributed by atoms with Gasteiger partial charge in [0.05, 0.1) is 0 Å². The van der Waals surface area contributed by atoms with Gasteiger partial charge in [-0.15, -0.1) is 0 Å². The second kappa shape index (κ2) is 6.26. The van der Waals surface area contributed by atoms with Gasteiger partial charge < -0.3 is 14.7 Å². The van der Waals surface area contributed by atoms with E-state index < -0.39 is 0 Å². The number of amides is 2. The van der Waals surface area contributed by atoms with Gasteiger partial charge in [0, 0.05) is 24.7 Å². The molecule has 1 aliphatic heterocycles. The molecule has 0 atom stereocenters. The van der Waals surface area contributed by atoms with E-state index in [1.165, 1.54) is 17.5 Å². The van der Waals surface area contributed by atoms with Crippen LogP contribution in [0, 0.1) is 6.92 Å². The molecule has 1 saturated heterocycles. The molecule has 126 valence electrons. The van der Waals surface area contributed by atoms with Crippen molar-refractivity contribution < 1.29 is 9.32 Å². The van der Waals surface area contributed by atoms with Crippen molar-refractivity contribution >= 4 is 11.7 Å². The lowest BCUT2D eigenvalue weighted by atomic mass is 9.97. The average Bonchev–Trinajstić information content (AvgIpc) is 3.23. The number of likely N-dealkylation sites (tertiary alicyclic amines) is 1. The zero-order chi connectivity index (χ0) is 16.5. The molecule has 1 fully saturated rings. The number of carbonyl (C=O) groups is 1. The molecule has 1 aromatic heterocycles. The minimum Gasteiger partial charge on any atom is -0.339 e. The van der Waals surface area contributed by atoms with Crippen molar-refractivity contribution in [1.82, 2.24) is 15.0 Å². The summed E-state index contributed by atoms with van der Waals surface area (Å²) in [5.74, 6) is 1.63. The smallest absolute Gasteiger partial charge is 0.321 e. The predicted octanol–water partition coefficient (Wildman–Crippen LogP) is 3.28. The van der Waals surface area contributed by atoms with E-state index in [0.29, 0.717) is 24.8 Å². The zero-order valence-electron chi connectivity index (χ0n) is 13.9. The first-order chi connectivity index (χ1) is 11.7. The number of nitrogens with one attached hydrogen (secondary N) is 1. The van der Waals surface area contributed by atoms with E-state index in [9.17, 15) is 4.79 Å². The van der Waals surface area contributed by atoms with Crippen LogP contribution in [-0.2, 0) is 12.8 Å². The van der Waals surface area contributed by atoms with Crippen LogP contribution in [0.4, 0.5) is 10.5 Å². The maximum absolute atomic E-state index is 12.5. The summed E-state index contributed by atoms with van der Waals surface area (Å²) in [5, 5.41) is 6.89. The highest BCUT2D eigenvalue weighted by Gasteiger charge is 2.27. The molecule has 2 aliphatic rings. The predicted molar refractivity (Wildman–Crippen MR) is 90.1 cm³/mol. The number of nitrogens with zero attached hydrogens (tertiary/aromatic N) is 3. The number of hydrogen-bond donors (Lipinski definition) is 1. The average molecular weight is 326 g/mol. The SMILES string of the molecule is Cc1noc(C2CCN(C(=O)Nc3ccc4c(c3)CCC4)CC2)n1. The normalized spacial score (nSPS) is 17.8. The Morgan fingerprint density at radius 2 is 2.04 bits per heavy atom. The minimum absolute atomic E-state index is 0.0203. The Morgan fingerprint density at radius 1 is 1.25 bits per heavy atom. The van der Waals surface area contributed by atoms with Gasteiger partial charge >= 0.3 is 6.03 Å². The van der Waals surface area contributed by atoms with Crippen LogP contribution in [0.2, 0.25) is 0 Å². The van der Waals surface area contributed by atoms with Gasteiger partial charge in [-0.3, -0.25) is 0 Å². The van der Waals surface area contributed by atoms with Crippen LogP contribution >= 0.6 is 0 Å². The fourth-order valence-corrected chi connectivity index (χ4v) is 3.66. The Balaban J connectivity index is 1.34. The summed E-state index contributed by atoms with van der Waals surface area (Å²) >= 11 is 0. The highest BCUT2D eigenvalue weighted by atomic mass is 16.5. The number of hydrogen-bond acceptors (Lipinski definition) is 4. The van der Waals surface area contributed by atoms with Gasteiger partial charge in [0.15, 0.2) is 5.82 Å². The Labute approximate surface area is 141 Å². The molecule has 2 aromatic rings. The molecule has 0 radical (unpaired) electrons. The van der Waals surface area contributed by atoms with E-state index in [4.69, 9.17) is 4.52 Å².